The van der Waals surface area contributed by atoms with E-state index >= 15 is 0 Å². The topological polar surface area (TPSA) is 100 Å². The van der Waals surface area contributed by atoms with Crippen LogP contribution in [0, 0.1) is 0 Å². The molecule has 1 saturated heterocycles. The molecule has 36 heavy (non-hydrogen) atoms. The number of aromatic nitrogens is 4. The van der Waals surface area contributed by atoms with Gasteiger partial charge in [-0.25, -0.2) is 0 Å². The van der Waals surface area contributed by atoms with Crippen LogP contribution in [0.2, 0.25) is 5.02 Å². The van der Waals surface area contributed by atoms with Crippen LogP contribution in [0.5, 0.6) is 0 Å². The molecule has 0 radical (unpaired) electrons. The van der Waals surface area contributed by atoms with E-state index in [4.69, 9.17) is 16.3 Å². The standard InChI is InChI=1S/C26H29ClN8O/c27-19-8-9-21-22(10-13-29-23(21)18-19)28-11-4-5-12-30-24-32-25(31-20-6-2-1-3-7-20)34-26(33-24)35-14-16-36-17-15-35/h1-3,6-10,13,18H,4-5,11-12,14-17H2,(H,28,29)(H2,30,31,32,33,34). The molecule has 1 fully saturated rings. The van der Waals surface area contributed by atoms with E-state index in [-0.39, 0.29) is 0 Å². The number of anilines is 5. The van der Waals surface area contributed by atoms with Crippen molar-refractivity contribution in [1.29, 1.82) is 0 Å². The number of ether oxygens (including phenoxy) is 1. The molecule has 1 aliphatic heterocycles. The van der Waals surface area contributed by atoms with Gasteiger partial charge in [-0.1, -0.05) is 29.8 Å². The van der Waals surface area contributed by atoms with Crippen molar-refractivity contribution in [1.82, 2.24) is 19.9 Å². The zero-order valence-corrected chi connectivity index (χ0v) is 20.7. The number of hydrogen-bond acceptors (Lipinski definition) is 9. The van der Waals surface area contributed by atoms with Crippen LogP contribution >= 0.6 is 11.6 Å². The molecule has 186 valence electrons. The average Bonchev–Trinajstić information content (AvgIpc) is 2.91. The molecule has 2 aromatic carbocycles. The highest BCUT2D eigenvalue weighted by atomic mass is 35.5. The second-order valence-electron chi connectivity index (χ2n) is 8.45. The highest BCUT2D eigenvalue weighted by Crippen LogP contribution is 2.24. The van der Waals surface area contributed by atoms with E-state index in [0.29, 0.717) is 36.1 Å². The van der Waals surface area contributed by atoms with Crippen molar-refractivity contribution in [2.45, 2.75) is 12.8 Å². The Morgan fingerprint density at radius 1 is 0.861 bits per heavy atom. The van der Waals surface area contributed by atoms with Gasteiger partial charge in [-0.2, -0.15) is 15.0 Å². The first-order valence-corrected chi connectivity index (χ1v) is 12.6. The summed E-state index contributed by atoms with van der Waals surface area (Å²) in [7, 11) is 0. The van der Waals surface area contributed by atoms with Gasteiger partial charge in [0.05, 0.1) is 18.7 Å². The largest absolute Gasteiger partial charge is 0.384 e. The number of benzene rings is 2. The Labute approximate surface area is 215 Å². The van der Waals surface area contributed by atoms with Crippen LogP contribution in [0.4, 0.5) is 29.2 Å². The lowest BCUT2D eigenvalue weighted by Gasteiger charge is -2.27. The number of nitrogens with zero attached hydrogens (tertiary/aromatic N) is 5. The van der Waals surface area contributed by atoms with Crippen LogP contribution in [-0.2, 0) is 4.74 Å². The first-order valence-electron chi connectivity index (χ1n) is 12.2. The Bertz CT molecular complexity index is 1280. The zero-order chi connectivity index (χ0) is 24.6. The summed E-state index contributed by atoms with van der Waals surface area (Å²) in [4.78, 5) is 20.4. The van der Waals surface area contributed by atoms with Gasteiger partial charge in [0, 0.05) is 54.2 Å². The minimum Gasteiger partial charge on any atom is -0.384 e. The number of rotatable bonds is 10. The lowest BCUT2D eigenvalue weighted by molar-refractivity contribution is 0.122. The maximum absolute atomic E-state index is 6.09. The van der Waals surface area contributed by atoms with Gasteiger partial charge in [0.1, 0.15) is 0 Å². The van der Waals surface area contributed by atoms with Crippen molar-refractivity contribution in [3.8, 4) is 0 Å². The van der Waals surface area contributed by atoms with Gasteiger partial charge in [0.2, 0.25) is 17.8 Å². The average molecular weight is 505 g/mol. The van der Waals surface area contributed by atoms with Crippen LogP contribution in [0.1, 0.15) is 12.8 Å². The van der Waals surface area contributed by atoms with Crippen molar-refractivity contribution in [3.63, 3.8) is 0 Å². The molecule has 2 aromatic heterocycles. The molecule has 0 unspecified atom stereocenters. The summed E-state index contributed by atoms with van der Waals surface area (Å²) in [6.07, 6.45) is 3.75. The van der Waals surface area contributed by atoms with Gasteiger partial charge in [-0.05, 0) is 49.2 Å². The van der Waals surface area contributed by atoms with Gasteiger partial charge in [-0.15, -0.1) is 0 Å². The molecular formula is C26H29ClN8O. The fourth-order valence-corrected chi connectivity index (χ4v) is 4.17. The third-order valence-electron chi connectivity index (χ3n) is 5.85. The highest BCUT2D eigenvalue weighted by Gasteiger charge is 2.16. The number of fused-ring (bicyclic) bond motifs is 1. The fraction of sp³-hybridized carbons (Fsp3) is 0.308. The van der Waals surface area contributed by atoms with E-state index in [1.165, 1.54) is 0 Å². The van der Waals surface area contributed by atoms with Crippen LogP contribution in [0.25, 0.3) is 10.9 Å². The summed E-state index contributed by atoms with van der Waals surface area (Å²) >= 11 is 6.09. The molecule has 1 aliphatic rings. The third kappa shape index (κ3) is 6.30. The van der Waals surface area contributed by atoms with Gasteiger partial charge >= 0.3 is 0 Å². The maximum atomic E-state index is 6.09. The molecule has 0 aliphatic carbocycles. The molecule has 0 bridgehead atoms. The smallest absolute Gasteiger partial charge is 0.233 e. The van der Waals surface area contributed by atoms with E-state index in [9.17, 15) is 0 Å². The Hall–Kier alpha value is -3.69. The van der Waals surface area contributed by atoms with E-state index < -0.39 is 0 Å². The molecule has 0 amide bonds. The number of halogens is 1. The van der Waals surface area contributed by atoms with Gasteiger partial charge < -0.3 is 25.6 Å². The predicted molar refractivity (Wildman–Crippen MR) is 146 cm³/mol. The van der Waals surface area contributed by atoms with Gasteiger partial charge in [0.15, 0.2) is 0 Å². The van der Waals surface area contributed by atoms with Crippen LogP contribution in [-0.4, -0.2) is 59.3 Å². The van der Waals surface area contributed by atoms with E-state index in [1.54, 1.807) is 6.20 Å². The fourth-order valence-electron chi connectivity index (χ4n) is 4.00. The molecule has 3 N–H and O–H groups in total. The Morgan fingerprint density at radius 3 is 2.47 bits per heavy atom. The number of hydrogen-bond donors (Lipinski definition) is 3. The van der Waals surface area contributed by atoms with E-state index in [1.807, 2.05) is 54.6 Å². The van der Waals surface area contributed by atoms with Crippen LogP contribution in [0.15, 0.2) is 60.8 Å². The summed E-state index contributed by atoms with van der Waals surface area (Å²) in [5.74, 6) is 1.74. The van der Waals surface area contributed by atoms with Crippen molar-refractivity contribution in [2.75, 3.05) is 60.2 Å². The predicted octanol–water partition coefficient (Wildman–Crippen LogP) is 4.96. The Kier molecular flexibility index (Phi) is 7.89. The van der Waals surface area contributed by atoms with E-state index in [2.05, 4.69) is 40.8 Å². The summed E-state index contributed by atoms with van der Waals surface area (Å²) in [6, 6.07) is 17.7. The second kappa shape index (κ2) is 11.8. The second-order valence-corrected chi connectivity index (χ2v) is 8.89. The van der Waals surface area contributed by atoms with Crippen molar-refractivity contribution in [2.24, 2.45) is 0 Å². The number of unbranched alkanes of at least 4 members (excludes halogenated alkanes) is 1. The molecule has 0 atom stereocenters. The lowest BCUT2D eigenvalue weighted by Crippen LogP contribution is -2.37. The van der Waals surface area contributed by atoms with Gasteiger partial charge in [0.25, 0.3) is 0 Å². The summed E-state index contributed by atoms with van der Waals surface area (Å²) in [5.41, 5.74) is 2.88. The number of para-hydroxylation sites is 1. The van der Waals surface area contributed by atoms with Crippen molar-refractivity contribution < 1.29 is 4.74 Å². The molecule has 0 spiro atoms. The molecule has 4 aromatic rings. The minimum absolute atomic E-state index is 0.520. The molecule has 3 heterocycles. The Morgan fingerprint density at radius 2 is 1.64 bits per heavy atom. The van der Waals surface area contributed by atoms with Crippen LogP contribution in [0.3, 0.4) is 0 Å². The highest BCUT2D eigenvalue weighted by molar-refractivity contribution is 6.31. The first-order chi connectivity index (χ1) is 17.7. The lowest BCUT2D eigenvalue weighted by atomic mass is 10.2. The molecule has 0 saturated carbocycles. The van der Waals surface area contributed by atoms with Crippen LogP contribution < -0.4 is 20.9 Å². The molecule has 9 nitrogen and oxygen atoms in total. The number of nitrogens with one attached hydrogen (secondary N) is 3. The first kappa shape index (κ1) is 24.0. The zero-order valence-electron chi connectivity index (χ0n) is 20.0. The minimum atomic E-state index is 0.520. The SMILES string of the molecule is Clc1ccc2c(NCCCCNc3nc(Nc4ccccc4)nc(N4CCOCC4)n3)ccnc2c1. The molecular weight excluding hydrogens is 476 g/mol. The maximum Gasteiger partial charge on any atom is 0.233 e. The Balaban J connectivity index is 1.17. The monoisotopic (exact) mass is 504 g/mol. The molecule has 5 rings (SSSR count). The molecule has 10 heteroatoms. The third-order valence-corrected chi connectivity index (χ3v) is 6.09. The summed E-state index contributed by atoms with van der Waals surface area (Å²) < 4.78 is 5.48. The number of pyridine rings is 1. The van der Waals surface area contributed by atoms with Crippen molar-refractivity contribution >= 4 is 51.7 Å². The quantitative estimate of drug-likeness (QED) is 0.259. The normalized spacial score (nSPS) is 13.5. The summed E-state index contributed by atoms with van der Waals surface area (Å²) in [5, 5.41) is 11.9. The van der Waals surface area contributed by atoms with Crippen molar-refractivity contribution in [3.05, 3.63) is 65.8 Å². The van der Waals surface area contributed by atoms with E-state index in [0.717, 1.165) is 61.3 Å². The summed E-state index contributed by atoms with van der Waals surface area (Å²) in [6.45, 7) is 4.46. The van der Waals surface area contributed by atoms with Gasteiger partial charge in [-0.3, -0.25) is 4.98 Å². The number of morpholine rings is 1.